The van der Waals surface area contributed by atoms with Crippen LogP contribution >= 0.6 is 11.3 Å². The standard InChI is InChI=1S/C13H22S/c1-4-12(7-5-6-11(2)3)13-8-9-14-10-13/h8-12H,4-7H2,1-3H3/t12-/m0/s1. The summed E-state index contributed by atoms with van der Waals surface area (Å²) < 4.78 is 0. The van der Waals surface area contributed by atoms with Crippen LogP contribution in [0.3, 0.4) is 0 Å². The summed E-state index contributed by atoms with van der Waals surface area (Å²) in [7, 11) is 0. The van der Waals surface area contributed by atoms with Crippen LogP contribution in [0.2, 0.25) is 0 Å². The normalized spacial score (nSPS) is 13.4. The van der Waals surface area contributed by atoms with E-state index in [1.54, 1.807) is 5.56 Å². The Bertz CT molecular complexity index is 223. The zero-order valence-electron chi connectivity index (χ0n) is 9.62. The van der Waals surface area contributed by atoms with Gasteiger partial charge in [0.1, 0.15) is 0 Å². The molecule has 0 nitrogen and oxygen atoms in total. The summed E-state index contributed by atoms with van der Waals surface area (Å²) in [6.45, 7) is 6.93. The van der Waals surface area contributed by atoms with Crippen molar-refractivity contribution in [2.24, 2.45) is 5.92 Å². The summed E-state index contributed by atoms with van der Waals surface area (Å²) in [5.41, 5.74) is 1.56. The molecule has 0 aliphatic carbocycles. The van der Waals surface area contributed by atoms with Crippen molar-refractivity contribution < 1.29 is 0 Å². The lowest BCUT2D eigenvalue weighted by Gasteiger charge is -2.13. The molecule has 80 valence electrons. The topological polar surface area (TPSA) is 0 Å². The van der Waals surface area contributed by atoms with E-state index in [9.17, 15) is 0 Å². The van der Waals surface area contributed by atoms with Crippen molar-refractivity contribution in [2.45, 2.75) is 52.4 Å². The van der Waals surface area contributed by atoms with E-state index in [2.05, 4.69) is 37.6 Å². The minimum Gasteiger partial charge on any atom is -0.152 e. The fraction of sp³-hybridized carbons (Fsp3) is 0.692. The molecule has 0 spiro atoms. The minimum atomic E-state index is 0.806. The first-order chi connectivity index (χ1) is 6.74. The molecule has 0 fully saturated rings. The van der Waals surface area contributed by atoms with Crippen molar-refractivity contribution in [1.82, 2.24) is 0 Å². The van der Waals surface area contributed by atoms with Gasteiger partial charge < -0.3 is 0 Å². The predicted octanol–water partition coefficient (Wildman–Crippen LogP) is 5.07. The molecule has 0 radical (unpaired) electrons. The third-order valence-corrected chi connectivity index (χ3v) is 3.54. The zero-order chi connectivity index (χ0) is 10.4. The first kappa shape index (κ1) is 11.8. The lowest BCUT2D eigenvalue weighted by atomic mass is 9.92. The number of thiophene rings is 1. The Morgan fingerprint density at radius 1 is 1.29 bits per heavy atom. The van der Waals surface area contributed by atoms with Gasteiger partial charge >= 0.3 is 0 Å². The second kappa shape index (κ2) is 6.23. The molecule has 0 saturated carbocycles. The van der Waals surface area contributed by atoms with E-state index in [-0.39, 0.29) is 0 Å². The molecule has 14 heavy (non-hydrogen) atoms. The molecule has 0 saturated heterocycles. The fourth-order valence-corrected chi connectivity index (χ4v) is 2.63. The molecular weight excluding hydrogens is 188 g/mol. The molecule has 1 atom stereocenters. The van der Waals surface area contributed by atoms with Gasteiger partial charge in [-0.2, -0.15) is 11.3 Å². The van der Waals surface area contributed by atoms with Crippen LogP contribution in [0.15, 0.2) is 16.8 Å². The molecular formula is C13H22S. The van der Waals surface area contributed by atoms with Crippen molar-refractivity contribution in [2.75, 3.05) is 0 Å². The summed E-state index contributed by atoms with van der Waals surface area (Å²) in [5, 5.41) is 4.50. The second-order valence-corrected chi connectivity index (χ2v) is 5.27. The highest BCUT2D eigenvalue weighted by Crippen LogP contribution is 2.27. The predicted molar refractivity (Wildman–Crippen MR) is 66.0 cm³/mol. The highest BCUT2D eigenvalue weighted by Gasteiger charge is 2.09. The zero-order valence-corrected chi connectivity index (χ0v) is 10.4. The van der Waals surface area contributed by atoms with Crippen LogP contribution in [0.25, 0.3) is 0 Å². The molecule has 0 amide bonds. The first-order valence-electron chi connectivity index (χ1n) is 5.76. The van der Waals surface area contributed by atoms with Crippen LogP contribution in [-0.2, 0) is 0 Å². The van der Waals surface area contributed by atoms with Crippen molar-refractivity contribution in [3.8, 4) is 0 Å². The van der Waals surface area contributed by atoms with Crippen LogP contribution in [0, 0.1) is 5.92 Å². The summed E-state index contributed by atoms with van der Waals surface area (Å²) >= 11 is 1.82. The van der Waals surface area contributed by atoms with E-state index in [1.165, 1.54) is 25.7 Å². The molecule has 0 aliphatic rings. The second-order valence-electron chi connectivity index (χ2n) is 4.49. The number of rotatable bonds is 6. The summed E-state index contributed by atoms with van der Waals surface area (Å²) in [6, 6.07) is 2.29. The van der Waals surface area contributed by atoms with E-state index >= 15 is 0 Å². The average molecular weight is 210 g/mol. The van der Waals surface area contributed by atoms with Gasteiger partial charge in [0.25, 0.3) is 0 Å². The molecule has 1 heterocycles. The molecule has 1 aromatic heterocycles. The van der Waals surface area contributed by atoms with Gasteiger partial charge in [-0.1, -0.05) is 33.6 Å². The van der Waals surface area contributed by atoms with E-state index in [0.717, 1.165) is 11.8 Å². The highest BCUT2D eigenvalue weighted by molar-refractivity contribution is 7.07. The maximum atomic E-state index is 2.31. The van der Waals surface area contributed by atoms with Gasteiger partial charge in [-0.15, -0.1) is 0 Å². The smallest absolute Gasteiger partial charge is 0.00584 e. The summed E-state index contributed by atoms with van der Waals surface area (Å²) in [5.74, 6) is 1.66. The Kier molecular flexibility index (Phi) is 5.24. The van der Waals surface area contributed by atoms with Crippen LogP contribution in [0.1, 0.15) is 57.9 Å². The first-order valence-corrected chi connectivity index (χ1v) is 6.70. The van der Waals surface area contributed by atoms with E-state index in [1.807, 2.05) is 11.3 Å². The quantitative estimate of drug-likeness (QED) is 0.615. The van der Waals surface area contributed by atoms with Crippen LogP contribution in [0.4, 0.5) is 0 Å². The largest absolute Gasteiger partial charge is 0.152 e. The van der Waals surface area contributed by atoms with Gasteiger partial charge in [-0.05, 0) is 47.1 Å². The van der Waals surface area contributed by atoms with Gasteiger partial charge in [-0.25, -0.2) is 0 Å². The fourth-order valence-electron chi connectivity index (χ4n) is 1.89. The van der Waals surface area contributed by atoms with Crippen molar-refractivity contribution >= 4 is 11.3 Å². The van der Waals surface area contributed by atoms with Crippen molar-refractivity contribution in [3.05, 3.63) is 22.4 Å². The lowest BCUT2D eigenvalue weighted by molar-refractivity contribution is 0.494. The molecule has 0 unspecified atom stereocenters. The SMILES string of the molecule is CC[C@@H](CCCC(C)C)c1ccsc1. The van der Waals surface area contributed by atoms with Gasteiger partial charge in [-0.3, -0.25) is 0 Å². The van der Waals surface area contributed by atoms with Crippen LogP contribution < -0.4 is 0 Å². The molecule has 0 aliphatic heterocycles. The van der Waals surface area contributed by atoms with E-state index in [0.29, 0.717) is 0 Å². The Labute approximate surface area is 92.4 Å². The summed E-state index contributed by atoms with van der Waals surface area (Å²) in [4.78, 5) is 0. The van der Waals surface area contributed by atoms with Gasteiger partial charge in [0.2, 0.25) is 0 Å². The number of hydrogen-bond acceptors (Lipinski definition) is 1. The molecule has 1 rings (SSSR count). The van der Waals surface area contributed by atoms with Crippen molar-refractivity contribution in [3.63, 3.8) is 0 Å². The number of hydrogen-bond donors (Lipinski definition) is 0. The molecule has 0 aromatic carbocycles. The third kappa shape index (κ3) is 3.83. The highest BCUT2D eigenvalue weighted by atomic mass is 32.1. The Balaban J connectivity index is 2.33. The van der Waals surface area contributed by atoms with Gasteiger partial charge in [0, 0.05) is 0 Å². The van der Waals surface area contributed by atoms with Crippen LogP contribution in [-0.4, -0.2) is 0 Å². The maximum absolute atomic E-state index is 2.31. The Morgan fingerprint density at radius 2 is 2.07 bits per heavy atom. The molecule has 1 aromatic rings. The Hall–Kier alpha value is -0.300. The summed E-state index contributed by atoms with van der Waals surface area (Å²) in [6.07, 6.45) is 5.41. The van der Waals surface area contributed by atoms with Gasteiger partial charge in [0.05, 0.1) is 0 Å². The third-order valence-electron chi connectivity index (χ3n) is 2.84. The molecule has 1 heteroatoms. The lowest BCUT2D eigenvalue weighted by Crippen LogP contribution is -1.97. The van der Waals surface area contributed by atoms with Crippen molar-refractivity contribution in [1.29, 1.82) is 0 Å². The maximum Gasteiger partial charge on any atom is -0.00584 e. The Morgan fingerprint density at radius 3 is 2.57 bits per heavy atom. The van der Waals surface area contributed by atoms with Crippen LogP contribution in [0.5, 0.6) is 0 Å². The van der Waals surface area contributed by atoms with E-state index in [4.69, 9.17) is 0 Å². The monoisotopic (exact) mass is 210 g/mol. The average Bonchev–Trinajstić information content (AvgIpc) is 2.64. The van der Waals surface area contributed by atoms with Gasteiger partial charge in [0.15, 0.2) is 0 Å². The minimum absolute atomic E-state index is 0.806. The molecule has 0 bridgehead atoms. The molecule has 0 N–H and O–H groups in total. The van der Waals surface area contributed by atoms with E-state index < -0.39 is 0 Å².